The highest BCUT2D eigenvalue weighted by Crippen LogP contribution is 2.45. The van der Waals surface area contributed by atoms with Gasteiger partial charge in [-0.2, -0.15) is 9.78 Å². The van der Waals surface area contributed by atoms with Crippen LogP contribution in [-0.2, 0) is 14.9 Å². The summed E-state index contributed by atoms with van der Waals surface area (Å²) >= 11 is 0. The van der Waals surface area contributed by atoms with Gasteiger partial charge in [0.25, 0.3) is 0 Å². The number of hydrogen-bond donors (Lipinski definition) is 1. The van der Waals surface area contributed by atoms with Gasteiger partial charge in [0.2, 0.25) is 0 Å². The Morgan fingerprint density at radius 1 is 1.40 bits per heavy atom. The zero-order valence-corrected chi connectivity index (χ0v) is 13.8. The number of benzene rings is 1. The Hall–Kier alpha value is -2.96. The molecule has 0 saturated heterocycles. The number of nitrogens with zero attached hydrogens (tertiary/aromatic N) is 2. The van der Waals surface area contributed by atoms with Gasteiger partial charge in [-0.05, 0) is 42.5 Å². The van der Waals surface area contributed by atoms with E-state index in [0.29, 0.717) is 29.5 Å². The Balaban J connectivity index is 2.11. The van der Waals surface area contributed by atoms with Crippen molar-refractivity contribution in [2.75, 3.05) is 7.11 Å². The van der Waals surface area contributed by atoms with Crippen molar-refractivity contribution in [1.82, 2.24) is 9.78 Å². The van der Waals surface area contributed by atoms with Gasteiger partial charge in [0, 0.05) is 11.8 Å². The van der Waals surface area contributed by atoms with E-state index >= 15 is 0 Å². The number of carbonyl (C=O) groups excluding carboxylic acids is 1. The third-order valence-corrected chi connectivity index (χ3v) is 4.66. The number of carbonyl (C=O) groups is 2. The number of halogens is 1. The molecule has 0 spiro atoms. The smallest absolute Gasteiger partial charge is 0.432 e. The monoisotopic (exact) mass is 344 g/mol. The molecule has 1 aliphatic rings. The van der Waals surface area contributed by atoms with E-state index < -0.39 is 17.5 Å². The molecule has 0 bridgehead atoms. The summed E-state index contributed by atoms with van der Waals surface area (Å²) < 4.78 is 19.8. The molecule has 0 amide bonds. The van der Waals surface area contributed by atoms with Crippen LogP contribution in [0.1, 0.15) is 29.5 Å². The average Bonchev–Trinajstić information content (AvgIpc) is 3.24. The van der Waals surface area contributed by atoms with Crippen LogP contribution >= 0.6 is 0 Å². The molecular weight excluding hydrogens is 327 g/mol. The van der Waals surface area contributed by atoms with E-state index in [2.05, 4.69) is 5.10 Å². The van der Waals surface area contributed by atoms with E-state index in [4.69, 9.17) is 9.84 Å². The van der Waals surface area contributed by atoms with Gasteiger partial charge in [0.05, 0.1) is 13.3 Å². The van der Waals surface area contributed by atoms with E-state index in [1.165, 1.54) is 25.6 Å². The highest BCUT2D eigenvalue weighted by atomic mass is 19.1. The minimum Gasteiger partial charge on any atom is -0.468 e. The summed E-state index contributed by atoms with van der Waals surface area (Å²) in [7, 11) is 1.30. The van der Waals surface area contributed by atoms with Crippen LogP contribution in [0.2, 0.25) is 0 Å². The molecule has 2 aromatic rings. The molecular formula is C18H17FN2O4. The van der Waals surface area contributed by atoms with Gasteiger partial charge in [-0.15, -0.1) is 0 Å². The van der Waals surface area contributed by atoms with Crippen LogP contribution in [0.3, 0.4) is 0 Å². The average molecular weight is 344 g/mol. The van der Waals surface area contributed by atoms with Crippen molar-refractivity contribution in [3.63, 3.8) is 0 Å². The van der Waals surface area contributed by atoms with E-state index in [0.717, 1.165) is 10.3 Å². The van der Waals surface area contributed by atoms with Gasteiger partial charge >= 0.3 is 12.1 Å². The molecule has 1 unspecified atom stereocenters. The molecule has 0 saturated carbocycles. The third-order valence-electron chi connectivity index (χ3n) is 4.66. The minimum atomic E-state index is -1.19. The van der Waals surface area contributed by atoms with Crippen LogP contribution in [0, 0.1) is 12.7 Å². The van der Waals surface area contributed by atoms with Crippen LogP contribution in [0.15, 0.2) is 36.7 Å². The lowest BCUT2D eigenvalue weighted by molar-refractivity contribution is -0.145. The summed E-state index contributed by atoms with van der Waals surface area (Å²) in [5.74, 6) is -0.858. The van der Waals surface area contributed by atoms with Gasteiger partial charge in [-0.3, -0.25) is 4.79 Å². The Morgan fingerprint density at radius 2 is 2.16 bits per heavy atom. The lowest BCUT2D eigenvalue weighted by Crippen LogP contribution is -2.34. The number of methoxy groups -OCH3 is 1. The zero-order chi connectivity index (χ0) is 18.2. The summed E-state index contributed by atoms with van der Waals surface area (Å²) in [5.41, 5.74) is 1.25. The molecule has 1 aromatic heterocycles. The number of allylic oxidation sites excluding steroid dienone is 1. The standard InChI is InChI=1S/C18H17FN2O4/c1-11-14(4-3-5-15(11)19)18(16(22)25-2)7-6-12(8-18)13-9-20-21(10-13)17(23)24/h3-5,8-10H,6-7H2,1-2H3,(H,23,24). The Morgan fingerprint density at radius 3 is 2.80 bits per heavy atom. The second kappa shape index (κ2) is 6.16. The Bertz CT molecular complexity index is 887. The fraction of sp³-hybridized carbons (Fsp3) is 0.278. The van der Waals surface area contributed by atoms with Crippen LogP contribution in [0.25, 0.3) is 5.57 Å². The number of esters is 1. The van der Waals surface area contributed by atoms with Crippen molar-refractivity contribution in [1.29, 1.82) is 0 Å². The van der Waals surface area contributed by atoms with Crippen LogP contribution in [0.5, 0.6) is 0 Å². The van der Waals surface area contributed by atoms with E-state index in [9.17, 15) is 14.0 Å². The third kappa shape index (κ3) is 2.71. The highest BCUT2D eigenvalue weighted by molar-refractivity contribution is 5.91. The molecule has 0 fully saturated rings. The van der Waals surface area contributed by atoms with Gasteiger partial charge < -0.3 is 9.84 Å². The summed E-state index contributed by atoms with van der Waals surface area (Å²) in [6.45, 7) is 1.63. The van der Waals surface area contributed by atoms with E-state index in [-0.39, 0.29) is 5.82 Å². The lowest BCUT2D eigenvalue weighted by atomic mass is 9.78. The Kier molecular flexibility index (Phi) is 4.16. The maximum absolute atomic E-state index is 14.0. The quantitative estimate of drug-likeness (QED) is 0.865. The van der Waals surface area contributed by atoms with Gasteiger partial charge in [-0.1, -0.05) is 18.2 Å². The normalized spacial score (nSPS) is 19.6. The number of carboxylic acid groups (broad SMARTS) is 1. The summed E-state index contributed by atoms with van der Waals surface area (Å²) in [4.78, 5) is 23.6. The van der Waals surface area contributed by atoms with Gasteiger partial charge in [-0.25, -0.2) is 9.18 Å². The molecule has 1 N–H and O–H groups in total. The molecule has 6 nitrogen and oxygen atoms in total. The van der Waals surface area contributed by atoms with Gasteiger partial charge in [0.15, 0.2) is 0 Å². The predicted molar refractivity (Wildman–Crippen MR) is 87.7 cm³/mol. The molecule has 7 heteroatoms. The SMILES string of the molecule is COC(=O)C1(c2cccc(F)c2C)C=C(c2cnn(C(=O)O)c2)CC1. The predicted octanol–water partition coefficient (Wildman–Crippen LogP) is 3.14. The molecule has 1 heterocycles. The van der Waals surface area contributed by atoms with Crippen LogP contribution < -0.4 is 0 Å². The first-order chi connectivity index (χ1) is 11.9. The topological polar surface area (TPSA) is 81.4 Å². The van der Waals surface area contributed by atoms with E-state index in [1.54, 1.807) is 25.1 Å². The fourth-order valence-electron chi connectivity index (χ4n) is 3.35. The number of rotatable bonds is 3. The highest BCUT2D eigenvalue weighted by Gasteiger charge is 2.44. The van der Waals surface area contributed by atoms with Crippen molar-refractivity contribution in [2.24, 2.45) is 0 Å². The maximum atomic E-state index is 14.0. The zero-order valence-electron chi connectivity index (χ0n) is 13.8. The van der Waals surface area contributed by atoms with Gasteiger partial charge in [0.1, 0.15) is 11.2 Å². The number of hydrogen-bond acceptors (Lipinski definition) is 4. The lowest BCUT2D eigenvalue weighted by Gasteiger charge is -2.26. The second-order valence-electron chi connectivity index (χ2n) is 6.00. The van der Waals surface area contributed by atoms with E-state index in [1.807, 2.05) is 0 Å². The molecule has 3 rings (SSSR count). The molecule has 1 atom stereocenters. The first-order valence-electron chi connectivity index (χ1n) is 7.73. The fourth-order valence-corrected chi connectivity index (χ4v) is 3.35. The second-order valence-corrected chi connectivity index (χ2v) is 6.00. The first kappa shape index (κ1) is 16.9. The summed E-state index contributed by atoms with van der Waals surface area (Å²) in [6, 6.07) is 4.63. The molecule has 1 aliphatic carbocycles. The number of aromatic nitrogens is 2. The molecule has 25 heavy (non-hydrogen) atoms. The molecule has 130 valence electrons. The van der Waals surface area contributed by atoms with Crippen LogP contribution in [-0.4, -0.2) is 34.1 Å². The molecule has 0 radical (unpaired) electrons. The molecule has 1 aromatic carbocycles. The summed E-state index contributed by atoms with van der Waals surface area (Å²) in [5, 5.41) is 12.8. The van der Waals surface area contributed by atoms with Crippen molar-refractivity contribution < 1.29 is 23.8 Å². The first-order valence-corrected chi connectivity index (χ1v) is 7.73. The molecule has 0 aliphatic heterocycles. The van der Waals surface area contributed by atoms with Crippen molar-refractivity contribution >= 4 is 17.6 Å². The largest absolute Gasteiger partial charge is 0.468 e. The van der Waals surface area contributed by atoms with Crippen molar-refractivity contribution in [2.45, 2.75) is 25.2 Å². The van der Waals surface area contributed by atoms with Crippen molar-refractivity contribution in [3.05, 3.63) is 59.2 Å². The summed E-state index contributed by atoms with van der Waals surface area (Å²) in [6.07, 6.45) is 4.31. The van der Waals surface area contributed by atoms with Crippen molar-refractivity contribution in [3.8, 4) is 0 Å². The Labute approximate surface area is 143 Å². The maximum Gasteiger partial charge on any atom is 0.432 e. The minimum absolute atomic E-state index is 0.388. The number of ether oxygens (including phenoxy) is 1. The van der Waals surface area contributed by atoms with Crippen LogP contribution in [0.4, 0.5) is 9.18 Å².